The third-order valence-electron chi connectivity index (χ3n) is 1.45. The molecule has 3 nitrogen and oxygen atoms in total. The van der Waals surface area contributed by atoms with E-state index in [2.05, 4.69) is 0 Å². The molecule has 0 bridgehead atoms. The van der Waals surface area contributed by atoms with Gasteiger partial charge in [-0.15, -0.1) is 0 Å². The molecular formula is C9H10NO2. The number of carbonyl (C=O) groups excluding carboxylic acids is 1. The maximum absolute atomic E-state index is 9.66. The van der Waals surface area contributed by atoms with Crippen LogP contribution < -0.4 is 5.48 Å². The average Bonchev–Trinajstić information content (AvgIpc) is 2.14. The summed E-state index contributed by atoms with van der Waals surface area (Å²) in [5, 5.41) is 0. The first-order chi connectivity index (χ1) is 5.93. The molecule has 0 atom stereocenters. The van der Waals surface area contributed by atoms with E-state index < -0.39 is 0 Å². The molecule has 3 heteroatoms. The van der Waals surface area contributed by atoms with Crippen LogP contribution in [0.25, 0.3) is 0 Å². The van der Waals surface area contributed by atoms with E-state index in [0.29, 0.717) is 6.61 Å². The molecule has 1 amide bonds. The van der Waals surface area contributed by atoms with Crippen molar-refractivity contribution < 1.29 is 9.63 Å². The molecule has 1 radical (unpaired) electrons. The molecule has 0 aliphatic carbocycles. The van der Waals surface area contributed by atoms with Gasteiger partial charge in [0.2, 0.25) is 0 Å². The van der Waals surface area contributed by atoms with Crippen LogP contribution in [0.3, 0.4) is 0 Å². The highest BCUT2D eigenvalue weighted by atomic mass is 16.6. The van der Waals surface area contributed by atoms with Gasteiger partial charge in [0.15, 0.2) is 0 Å². The molecule has 0 aromatic heterocycles. The zero-order chi connectivity index (χ0) is 8.65. The molecule has 1 N–H and O–H groups in total. The zero-order valence-electron chi connectivity index (χ0n) is 6.62. The topological polar surface area (TPSA) is 38.3 Å². The lowest BCUT2D eigenvalue weighted by Crippen LogP contribution is -2.13. The summed E-state index contributed by atoms with van der Waals surface area (Å²) in [7, 11) is 0. The molecule has 0 spiro atoms. The Morgan fingerprint density at radius 1 is 1.33 bits per heavy atom. The monoisotopic (exact) mass is 164 g/mol. The molecule has 63 valence electrons. The number of nitrogens with one attached hydrogen (secondary N) is 1. The number of hydrogen-bond acceptors (Lipinski definition) is 2. The largest absolute Gasteiger partial charge is 0.335 e. The zero-order valence-corrected chi connectivity index (χ0v) is 6.62. The van der Waals surface area contributed by atoms with E-state index in [-0.39, 0.29) is 0 Å². The predicted octanol–water partition coefficient (Wildman–Crippen LogP) is 0.817. The highest BCUT2D eigenvalue weighted by Crippen LogP contribution is 1.98. The van der Waals surface area contributed by atoms with Gasteiger partial charge in [-0.2, -0.15) is 0 Å². The van der Waals surface area contributed by atoms with Gasteiger partial charge in [0.05, 0.1) is 6.61 Å². The van der Waals surface area contributed by atoms with Crippen molar-refractivity contribution in [2.45, 2.75) is 6.42 Å². The fourth-order valence-corrected chi connectivity index (χ4v) is 0.894. The second kappa shape index (κ2) is 5.32. The minimum Gasteiger partial charge on any atom is -0.273 e. The van der Waals surface area contributed by atoms with E-state index in [9.17, 15) is 4.79 Å². The molecule has 0 heterocycles. The summed E-state index contributed by atoms with van der Waals surface area (Å²) in [6, 6.07) is 9.91. The molecule has 0 saturated carbocycles. The lowest BCUT2D eigenvalue weighted by molar-refractivity contribution is 0.0854. The predicted molar refractivity (Wildman–Crippen MR) is 44.9 cm³/mol. The molecule has 0 saturated heterocycles. The van der Waals surface area contributed by atoms with Crippen molar-refractivity contribution in [3.63, 3.8) is 0 Å². The Bertz CT molecular complexity index is 223. The van der Waals surface area contributed by atoms with Crippen LogP contribution in [0.4, 0.5) is 0 Å². The van der Waals surface area contributed by atoms with Gasteiger partial charge in [-0.1, -0.05) is 30.3 Å². The Morgan fingerprint density at radius 3 is 2.75 bits per heavy atom. The van der Waals surface area contributed by atoms with Crippen LogP contribution in [0.5, 0.6) is 0 Å². The first kappa shape index (κ1) is 8.74. The van der Waals surface area contributed by atoms with Gasteiger partial charge in [-0.3, -0.25) is 9.63 Å². The van der Waals surface area contributed by atoms with E-state index in [1.165, 1.54) is 12.0 Å². The SMILES string of the molecule is O=[C]NOCCc1ccccc1. The van der Waals surface area contributed by atoms with Gasteiger partial charge in [-0.25, -0.2) is 5.48 Å². The summed E-state index contributed by atoms with van der Waals surface area (Å²) in [6.45, 7) is 0.471. The minimum absolute atomic E-state index is 0.471. The van der Waals surface area contributed by atoms with Crippen molar-refractivity contribution in [3.05, 3.63) is 35.9 Å². The van der Waals surface area contributed by atoms with Crippen LogP contribution in [-0.2, 0) is 16.1 Å². The summed E-state index contributed by atoms with van der Waals surface area (Å²) in [5.74, 6) is 0. The summed E-state index contributed by atoms with van der Waals surface area (Å²) in [6.07, 6.45) is 2.22. The van der Waals surface area contributed by atoms with Crippen LogP contribution in [0, 0.1) is 0 Å². The minimum atomic E-state index is 0.471. The van der Waals surface area contributed by atoms with Gasteiger partial charge < -0.3 is 0 Å². The van der Waals surface area contributed by atoms with Crippen molar-refractivity contribution in [1.29, 1.82) is 0 Å². The third-order valence-corrected chi connectivity index (χ3v) is 1.45. The molecule has 1 rings (SSSR count). The summed E-state index contributed by atoms with van der Waals surface area (Å²) >= 11 is 0. The number of rotatable bonds is 5. The fraction of sp³-hybridized carbons (Fsp3) is 0.222. The van der Waals surface area contributed by atoms with Crippen molar-refractivity contribution in [1.82, 2.24) is 5.48 Å². The smallest absolute Gasteiger partial charge is 0.273 e. The van der Waals surface area contributed by atoms with Gasteiger partial charge in [-0.05, 0) is 12.0 Å². The molecular weight excluding hydrogens is 154 g/mol. The summed E-state index contributed by atoms with van der Waals surface area (Å²) in [5.41, 5.74) is 3.20. The number of hydroxylamine groups is 1. The first-order valence-corrected chi connectivity index (χ1v) is 3.71. The van der Waals surface area contributed by atoms with E-state index >= 15 is 0 Å². The Balaban J connectivity index is 2.20. The van der Waals surface area contributed by atoms with Crippen LogP contribution in [-0.4, -0.2) is 13.0 Å². The third kappa shape index (κ3) is 3.16. The average molecular weight is 164 g/mol. The molecule has 0 aliphatic heterocycles. The molecule has 1 aromatic carbocycles. The maximum Gasteiger partial charge on any atom is 0.335 e. The summed E-state index contributed by atoms with van der Waals surface area (Å²) in [4.78, 5) is 14.4. The standard InChI is InChI=1S/C9H10NO2/c11-8-10-12-7-6-9-4-2-1-3-5-9/h1-5H,6-7H2,(H,10,11). The van der Waals surface area contributed by atoms with E-state index in [0.717, 1.165) is 6.42 Å². The molecule has 0 aliphatic rings. The second-order valence-corrected chi connectivity index (χ2v) is 2.29. The van der Waals surface area contributed by atoms with E-state index in [1.54, 1.807) is 0 Å². The lowest BCUT2D eigenvalue weighted by atomic mass is 10.2. The normalized spacial score (nSPS) is 9.33. The highest BCUT2D eigenvalue weighted by molar-refractivity contribution is 5.44. The van der Waals surface area contributed by atoms with Gasteiger partial charge in [0.25, 0.3) is 0 Å². The van der Waals surface area contributed by atoms with Crippen LogP contribution in [0.1, 0.15) is 5.56 Å². The van der Waals surface area contributed by atoms with Crippen LogP contribution in [0.15, 0.2) is 30.3 Å². The molecule has 0 unspecified atom stereocenters. The highest BCUT2D eigenvalue weighted by Gasteiger charge is 1.90. The maximum atomic E-state index is 9.66. The van der Waals surface area contributed by atoms with Crippen LogP contribution >= 0.6 is 0 Å². The first-order valence-electron chi connectivity index (χ1n) is 3.71. The Hall–Kier alpha value is -1.35. The molecule has 12 heavy (non-hydrogen) atoms. The van der Waals surface area contributed by atoms with Gasteiger partial charge >= 0.3 is 6.41 Å². The van der Waals surface area contributed by atoms with E-state index in [1.807, 2.05) is 35.8 Å². The fourth-order valence-electron chi connectivity index (χ4n) is 0.894. The second-order valence-electron chi connectivity index (χ2n) is 2.29. The number of hydrogen-bond donors (Lipinski definition) is 1. The Labute approximate surface area is 71.3 Å². The van der Waals surface area contributed by atoms with Crippen molar-refractivity contribution in [2.75, 3.05) is 6.61 Å². The Morgan fingerprint density at radius 2 is 2.08 bits per heavy atom. The van der Waals surface area contributed by atoms with Crippen molar-refractivity contribution in [2.24, 2.45) is 0 Å². The number of amides is 1. The summed E-state index contributed by atoms with van der Waals surface area (Å²) < 4.78 is 0. The van der Waals surface area contributed by atoms with Gasteiger partial charge in [0.1, 0.15) is 0 Å². The quantitative estimate of drug-likeness (QED) is 0.397. The van der Waals surface area contributed by atoms with Crippen molar-refractivity contribution >= 4 is 6.41 Å². The molecule has 0 fully saturated rings. The Kier molecular flexibility index (Phi) is 3.88. The molecule has 1 aromatic rings. The van der Waals surface area contributed by atoms with E-state index in [4.69, 9.17) is 4.84 Å². The van der Waals surface area contributed by atoms with Crippen molar-refractivity contribution in [3.8, 4) is 0 Å². The number of benzene rings is 1. The van der Waals surface area contributed by atoms with Gasteiger partial charge in [0, 0.05) is 0 Å². The van der Waals surface area contributed by atoms with Crippen LogP contribution in [0.2, 0.25) is 0 Å². The lowest BCUT2D eigenvalue weighted by Gasteiger charge is -1.99.